The lowest BCUT2D eigenvalue weighted by molar-refractivity contribution is -0.123. The maximum absolute atomic E-state index is 11.9. The number of nitrogens with two attached hydrogens (primary N) is 1. The van der Waals surface area contributed by atoms with Crippen molar-refractivity contribution in [2.45, 2.75) is 52.6 Å². The summed E-state index contributed by atoms with van der Waals surface area (Å²) in [5.41, 5.74) is 5.84. The van der Waals surface area contributed by atoms with E-state index < -0.39 is 6.04 Å². The Morgan fingerprint density at radius 1 is 1.22 bits per heavy atom. The second-order valence-electron chi connectivity index (χ2n) is 5.62. The molecule has 0 bridgehead atoms. The van der Waals surface area contributed by atoms with E-state index in [1.54, 1.807) is 0 Å². The first-order chi connectivity index (χ1) is 8.34. The lowest BCUT2D eigenvalue weighted by Crippen LogP contribution is -2.50. The van der Waals surface area contributed by atoms with Gasteiger partial charge in [0.1, 0.15) is 0 Å². The summed E-state index contributed by atoms with van der Waals surface area (Å²) in [6, 6.07) is -0.0298. The molecule has 0 aromatic heterocycles. The maximum atomic E-state index is 11.9. The van der Waals surface area contributed by atoms with Gasteiger partial charge in [0.05, 0.1) is 6.04 Å². The molecule has 0 rings (SSSR count). The van der Waals surface area contributed by atoms with Crippen LogP contribution in [0.3, 0.4) is 0 Å². The van der Waals surface area contributed by atoms with Crippen molar-refractivity contribution in [3.63, 3.8) is 0 Å². The van der Waals surface area contributed by atoms with E-state index in [0.717, 1.165) is 12.8 Å². The van der Waals surface area contributed by atoms with Gasteiger partial charge in [-0.1, -0.05) is 40.5 Å². The van der Waals surface area contributed by atoms with Gasteiger partial charge in [-0.3, -0.25) is 4.79 Å². The van der Waals surface area contributed by atoms with Crippen LogP contribution < -0.4 is 11.1 Å². The predicted octanol–water partition coefficient (Wildman–Crippen LogP) is 1.45. The van der Waals surface area contributed by atoms with Crippen LogP contribution in [-0.4, -0.2) is 43.5 Å². The summed E-state index contributed by atoms with van der Waals surface area (Å²) in [7, 11) is 4.13. The van der Waals surface area contributed by atoms with Crippen LogP contribution >= 0.6 is 0 Å². The molecular formula is C14H31N3O. The van der Waals surface area contributed by atoms with Gasteiger partial charge >= 0.3 is 0 Å². The molecule has 0 aliphatic heterocycles. The summed E-state index contributed by atoms with van der Waals surface area (Å²) in [6.45, 7) is 9.01. The van der Waals surface area contributed by atoms with E-state index in [-0.39, 0.29) is 11.8 Å². The van der Waals surface area contributed by atoms with Gasteiger partial charge in [0.15, 0.2) is 0 Å². The zero-order valence-corrected chi connectivity index (χ0v) is 12.9. The topological polar surface area (TPSA) is 58.4 Å². The Morgan fingerprint density at radius 2 is 1.72 bits per heavy atom. The van der Waals surface area contributed by atoms with E-state index in [0.29, 0.717) is 18.5 Å². The highest BCUT2D eigenvalue weighted by Crippen LogP contribution is 2.16. The molecule has 0 fully saturated rings. The predicted molar refractivity (Wildman–Crippen MR) is 77.4 cm³/mol. The third kappa shape index (κ3) is 5.36. The monoisotopic (exact) mass is 257 g/mol. The summed E-state index contributed by atoms with van der Waals surface area (Å²) in [5.74, 6) is 0.745. The largest absolute Gasteiger partial charge is 0.353 e. The van der Waals surface area contributed by atoms with Crippen LogP contribution in [0.25, 0.3) is 0 Å². The molecule has 0 saturated heterocycles. The van der Waals surface area contributed by atoms with E-state index in [1.807, 2.05) is 13.8 Å². The first-order valence-corrected chi connectivity index (χ1v) is 7.04. The average molecular weight is 257 g/mol. The molecule has 3 N–H and O–H groups in total. The molecule has 1 amide bonds. The van der Waals surface area contributed by atoms with Crippen LogP contribution in [0.1, 0.15) is 40.5 Å². The molecule has 4 nitrogen and oxygen atoms in total. The Morgan fingerprint density at radius 3 is 2.06 bits per heavy atom. The average Bonchev–Trinajstić information content (AvgIpc) is 2.32. The third-order valence-electron chi connectivity index (χ3n) is 3.76. The highest BCUT2D eigenvalue weighted by molar-refractivity contribution is 5.81. The standard InChI is InChI=1S/C14H31N3O/c1-7-11(8-2)12(17(5)6)9-16-14(18)13(15)10(3)4/h10-13H,7-9,15H2,1-6H3,(H,16,18)/t12?,13-/m0/s1. The van der Waals surface area contributed by atoms with Gasteiger partial charge in [-0.2, -0.15) is 0 Å². The number of likely N-dealkylation sites (N-methyl/N-ethyl adjacent to an activating group) is 1. The SMILES string of the molecule is CCC(CC)C(CNC(=O)[C@@H](N)C(C)C)N(C)C. The molecular weight excluding hydrogens is 226 g/mol. The Kier molecular flexibility index (Phi) is 8.20. The quantitative estimate of drug-likeness (QED) is 0.692. The first-order valence-electron chi connectivity index (χ1n) is 7.04. The molecule has 1 unspecified atom stereocenters. The van der Waals surface area contributed by atoms with Gasteiger partial charge in [0, 0.05) is 12.6 Å². The summed E-state index contributed by atoms with van der Waals surface area (Å²) >= 11 is 0. The molecule has 0 spiro atoms. The van der Waals surface area contributed by atoms with E-state index in [1.165, 1.54) is 0 Å². The van der Waals surface area contributed by atoms with Crippen molar-refractivity contribution in [2.24, 2.45) is 17.6 Å². The molecule has 108 valence electrons. The summed E-state index contributed by atoms with van der Waals surface area (Å²) in [4.78, 5) is 14.0. The molecule has 2 atom stereocenters. The van der Waals surface area contributed by atoms with Crippen LogP contribution in [0.2, 0.25) is 0 Å². The van der Waals surface area contributed by atoms with Crippen LogP contribution in [0, 0.1) is 11.8 Å². The highest BCUT2D eigenvalue weighted by Gasteiger charge is 2.23. The van der Waals surface area contributed by atoms with Crippen LogP contribution in [0.5, 0.6) is 0 Å². The molecule has 0 saturated carbocycles. The van der Waals surface area contributed by atoms with Gasteiger partial charge in [-0.25, -0.2) is 0 Å². The van der Waals surface area contributed by atoms with Gasteiger partial charge in [0.2, 0.25) is 5.91 Å². The molecule has 18 heavy (non-hydrogen) atoms. The van der Waals surface area contributed by atoms with Crippen LogP contribution in [0.15, 0.2) is 0 Å². The minimum Gasteiger partial charge on any atom is -0.353 e. The zero-order chi connectivity index (χ0) is 14.3. The number of nitrogens with zero attached hydrogens (tertiary/aromatic N) is 1. The van der Waals surface area contributed by atoms with Crippen LogP contribution in [0.4, 0.5) is 0 Å². The summed E-state index contributed by atoms with van der Waals surface area (Å²) in [5, 5.41) is 2.99. The smallest absolute Gasteiger partial charge is 0.237 e. The van der Waals surface area contributed by atoms with Gasteiger partial charge in [-0.15, -0.1) is 0 Å². The molecule has 0 aromatic rings. The number of amides is 1. The Labute approximate surface area is 112 Å². The Bertz CT molecular complexity index is 237. The molecule has 0 aromatic carbocycles. The van der Waals surface area contributed by atoms with Crippen molar-refractivity contribution in [2.75, 3.05) is 20.6 Å². The molecule has 0 aliphatic carbocycles. The fraction of sp³-hybridized carbons (Fsp3) is 0.929. The number of carbonyl (C=O) groups is 1. The number of hydrogen-bond acceptors (Lipinski definition) is 3. The van der Waals surface area contributed by atoms with E-state index in [2.05, 4.69) is 38.2 Å². The van der Waals surface area contributed by atoms with Crippen LogP contribution in [-0.2, 0) is 4.79 Å². The Hall–Kier alpha value is -0.610. The van der Waals surface area contributed by atoms with Gasteiger partial charge in [0.25, 0.3) is 0 Å². The van der Waals surface area contributed by atoms with E-state index in [9.17, 15) is 4.79 Å². The Balaban J connectivity index is 4.40. The third-order valence-corrected chi connectivity index (χ3v) is 3.76. The van der Waals surface area contributed by atoms with Crippen molar-refractivity contribution in [3.8, 4) is 0 Å². The number of hydrogen-bond donors (Lipinski definition) is 2. The highest BCUT2D eigenvalue weighted by atomic mass is 16.2. The first kappa shape index (κ1) is 17.4. The number of nitrogens with one attached hydrogen (secondary N) is 1. The number of carbonyl (C=O) groups excluding carboxylic acids is 1. The van der Waals surface area contributed by atoms with Crippen molar-refractivity contribution < 1.29 is 4.79 Å². The molecule has 0 radical (unpaired) electrons. The summed E-state index contributed by atoms with van der Waals surface area (Å²) < 4.78 is 0. The lowest BCUT2D eigenvalue weighted by Gasteiger charge is -2.32. The second-order valence-corrected chi connectivity index (χ2v) is 5.62. The fourth-order valence-electron chi connectivity index (χ4n) is 2.23. The minimum atomic E-state index is -0.408. The normalized spacial score (nSPS) is 15.2. The van der Waals surface area contributed by atoms with E-state index >= 15 is 0 Å². The molecule has 4 heteroatoms. The number of rotatable bonds is 8. The lowest BCUT2D eigenvalue weighted by atomic mass is 9.93. The zero-order valence-electron chi connectivity index (χ0n) is 12.9. The van der Waals surface area contributed by atoms with Crippen molar-refractivity contribution >= 4 is 5.91 Å². The summed E-state index contributed by atoms with van der Waals surface area (Å²) in [6.07, 6.45) is 2.26. The second kappa shape index (κ2) is 8.48. The van der Waals surface area contributed by atoms with Gasteiger partial charge in [-0.05, 0) is 25.9 Å². The van der Waals surface area contributed by atoms with Crippen molar-refractivity contribution in [1.29, 1.82) is 0 Å². The van der Waals surface area contributed by atoms with Gasteiger partial charge < -0.3 is 16.0 Å². The maximum Gasteiger partial charge on any atom is 0.237 e. The fourth-order valence-corrected chi connectivity index (χ4v) is 2.23. The van der Waals surface area contributed by atoms with Crippen molar-refractivity contribution in [1.82, 2.24) is 10.2 Å². The van der Waals surface area contributed by atoms with E-state index in [4.69, 9.17) is 5.73 Å². The molecule has 0 aliphatic rings. The molecule has 0 heterocycles. The van der Waals surface area contributed by atoms with Crippen molar-refractivity contribution in [3.05, 3.63) is 0 Å². The minimum absolute atomic E-state index is 0.0391.